The Kier molecular flexibility index (Phi) is 5.72. The molecule has 6 nitrogen and oxygen atoms in total. The molecular weight excluding hydrogens is 314 g/mol. The summed E-state index contributed by atoms with van der Waals surface area (Å²) in [4.78, 5) is 4.26. The van der Waals surface area contributed by atoms with E-state index in [1.54, 1.807) is 18.2 Å². The molecule has 0 fully saturated rings. The van der Waals surface area contributed by atoms with E-state index in [-0.39, 0.29) is 11.5 Å². The molecule has 0 bridgehead atoms. The van der Waals surface area contributed by atoms with Gasteiger partial charge < -0.3 is 10.0 Å². The smallest absolute Gasteiger partial charge is 0.276 e. The van der Waals surface area contributed by atoms with E-state index >= 15 is 0 Å². The first-order valence-electron chi connectivity index (χ1n) is 7.05. The lowest BCUT2D eigenvalue weighted by molar-refractivity contribution is 0.304. The summed E-state index contributed by atoms with van der Waals surface area (Å²) in [5, 5.41) is 12.7. The van der Waals surface area contributed by atoms with E-state index in [1.165, 1.54) is 18.3 Å². The van der Waals surface area contributed by atoms with Crippen molar-refractivity contribution < 1.29 is 13.5 Å². The van der Waals surface area contributed by atoms with Gasteiger partial charge in [0.15, 0.2) is 0 Å². The van der Waals surface area contributed by atoms with Crippen LogP contribution in [0.4, 0.5) is 5.69 Å². The topological polar surface area (TPSA) is 82.0 Å². The van der Waals surface area contributed by atoms with Crippen LogP contribution in [0, 0.1) is 0 Å². The van der Waals surface area contributed by atoms with Crippen LogP contribution in [0.15, 0.2) is 64.6 Å². The lowest BCUT2D eigenvalue weighted by Gasteiger charge is -2.17. The van der Waals surface area contributed by atoms with Gasteiger partial charge in [0.1, 0.15) is 0 Å². The number of hydrogen-bond donors (Lipinski definition) is 2. The molecule has 2 aromatic carbocycles. The number of nitrogens with zero attached hydrogens (tertiary/aromatic N) is 2. The Hall–Kier alpha value is -2.38. The van der Waals surface area contributed by atoms with Crippen LogP contribution < -0.4 is 9.73 Å². The standard InChI is InChI=1S/C16H19N3O3S/c1-19(11-12-20)15-9-7-14(8-10-15)13-17-18-23(21,22)16-5-3-2-4-6-16/h2-10,13,18,20H,11-12H2,1H3. The number of rotatable bonds is 7. The van der Waals surface area contributed by atoms with Crippen LogP contribution in [0.25, 0.3) is 0 Å². The van der Waals surface area contributed by atoms with Gasteiger partial charge in [-0.05, 0) is 29.8 Å². The number of likely N-dealkylation sites (N-methyl/N-ethyl adjacent to an activating group) is 1. The van der Waals surface area contributed by atoms with Crippen molar-refractivity contribution in [1.29, 1.82) is 0 Å². The van der Waals surface area contributed by atoms with Crippen LogP contribution in [0.3, 0.4) is 0 Å². The molecule has 122 valence electrons. The Labute approximate surface area is 136 Å². The van der Waals surface area contributed by atoms with Crippen LogP contribution in [-0.2, 0) is 10.0 Å². The second kappa shape index (κ2) is 7.75. The third-order valence-electron chi connectivity index (χ3n) is 3.21. The lowest BCUT2D eigenvalue weighted by atomic mass is 10.2. The molecule has 2 rings (SSSR count). The highest BCUT2D eigenvalue weighted by atomic mass is 32.2. The Bertz CT molecular complexity index is 744. The van der Waals surface area contributed by atoms with Crippen molar-refractivity contribution >= 4 is 21.9 Å². The molecule has 0 radical (unpaired) electrons. The average molecular weight is 333 g/mol. The minimum absolute atomic E-state index is 0.0843. The quantitative estimate of drug-likeness (QED) is 0.593. The summed E-state index contributed by atoms with van der Waals surface area (Å²) < 4.78 is 24.0. The second-order valence-corrected chi connectivity index (χ2v) is 6.56. The summed E-state index contributed by atoms with van der Waals surface area (Å²) >= 11 is 0. The molecule has 0 aliphatic carbocycles. The molecule has 0 unspecified atom stereocenters. The first kappa shape index (κ1) is 17.0. The number of anilines is 1. The molecule has 0 saturated carbocycles. The fourth-order valence-corrected chi connectivity index (χ4v) is 2.73. The van der Waals surface area contributed by atoms with Gasteiger partial charge in [0, 0.05) is 19.3 Å². The molecular formula is C16H19N3O3S. The van der Waals surface area contributed by atoms with Gasteiger partial charge in [-0.1, -0.05) is 30.3 Å². The summed E-state index contributed by atoms with van der Waals surface area (Å²) in [6, 6.07) is 15.5. The van der Waals surface area contributed by atoms with Gasteiger partial charge in [-0.3, -0.25) is 0 Å². The van der Waals surface area contributed by atoms with E-state index in [2.05, 4.69) is 9.93 Å². The number of aliphatic hydroxyl groups is 1. The van der Waals surface area contributed by atoms with Gasteiger partial charge in [-0.15, -0.1) is 0 Å². The fourth-order valence-electron chi connectivity index (χ4n) is 1.92. The van der Waals surface area contributed by atoms with Crippen LogP contribution in [0.2, 0.25) is 0 Å². The maximum absolute atomic E-state index is 12.0. The monoisotopic (exact) mass is 333 g/mol. The highest BCUT2D eigenvalue weighted by Crippen LogP contribution is 2.12. The molecule has 0 aliphatic rings. The zero-order valence-electron chi connectivity index (χ0n) is 12.8. The number of hydrazone groups is 1. The van der Waals surface area contributed by atoms with Crippen molar-refractivity contribution in [1.82, 2.24) is 4.83 Å². The number of sulfonamides is 1. The molecule has 0 heterocycles. The van der Waals surface area contributed by atoms with Crippen LogP contribution in [0.1, 0.15) is 5.56 Å². The van der Waals surface area contributed by atoms with Crippen molar-refractivity contribution in [2.24, 2.45) is 5.10 Å². The molecule has 23 heavy (non-hydrogen) atoms. The highest BCUT2D eigenvalue weighted by molar-refractivity contribution is 7.89. The van der Waals surface area contributed by atoms with Crippen LogP contribution in [-0.4, -0.2) is 39.9 Å². The third-order valence-corrected chi connectivity index (χ3v) is 4.45. The second-order valence-electron chi connectivity index (χ2n) is 4.90. The zero-order valence-corrected chi connectivity index (χ0v) is 13.6. The van der Waals surface area contributed by atoms with E-state index in [0.717, 1.165) is 11.3 Å². The number of benzene rings is 2. The van der Waals surface area contributed by atoms with E-state index in [9.17, 15) is 8.42 Å². The van der Waals surface area contributed by atoms with Gasteiger partial charge in [0.2, 0.25) is 0 Å². The predicted molar refractivity (Wildman–Crippen MR) is 91.2 cm³/mol. The summed E-state index contributed by atoms with van der Waals surface area (Å²) in [5.74, 6) is 0. The SMILES string of the molecule is CN(CCO)c1ccc(C=NNS(=O)(=O)c2ccccc2)cc1. The molecule has 2 N–H and O–H groups in total. The number of nitrogens with one attached hydrogen (secondary N) is 1. The van der Waals surface area contributed by atoms with Crippen molar-refractivity contribution in [3.63, 3.8) is 0 Å². The summed E-state index contributed by atoms with van der Waals surface area (Å²) in [7, 11) is -1.76. The number of hydrogen-bond acceptors (Lipinski definition) is 5. The maximum Gasteiger partial charge on any atom is 0.276 e. The molecule has 2 aromatic rings. The summed E-state index contributed by atoms with van der Waals surface area (Å²) in [6.45, 7) is 0.630. The molecule has 0 spiro atoms. The average Bonchev–Trinajstić information content (AvgIpc) is 2.56. The minimum atomic E-state index is -3.64. The van der Waals surface area contributed by atoms with Gasteiger partial charge in [-0.25, -0.2) is 4.83 Å². The normalized spacial score (nSPS) is 11.6. The van der Waals surface area contributed by atoms with Crippen molar-refractivity contribution in [3.8, 4) is 0 Å². The van der Waals surface area contributed by atoms with E-state index < -0.39 is 10.0 Å². The number of aliphatic hydroxyl groups excluding tert-OH is 1. The molecule has 0 saturated heterocycles. The Morgan fingerprint density at radius 3 is 2.39 bits per heavy atom. The van der Waals surface area contributed by atoms with Gasteiger partial charge in [0.05, 0.1) is 17.7 Å². The predicted octanol–water partition coefficient (Wildman–Crippen LogP) is 1.43. The van der Waals surface area contributed by atoms with E-state index in [4.69, 9.17) is 5.11 Å². The molecule has 7 heteroatoms. The summed E-state index contributed by atoms with van der Waals surface area (Å²) in [6.07, 6.45) is 1.44. The van der Waals surface area contributed by atoms with E-state index in [0.29, 0.717) is 6.54 Å². The first-order valence-corrected chi connectivity index (χ1v) is 8.53. The van der Waals surface area contributed by atoms with Crippen molar-refractivity contribution in [3.05, 3.63) is 60.2 Å². The largest absolute Gasteiger partial charge is 0.395 e. The summed E-state index contributed by atoms with van der Waals surface area (Å²) in [5.41, 5.74) is 1.72. The van der Waals surface area contributed by atoms with Crippen LogP contribution >= 0.6 is 0 Å². The fraction of sp³-hybridized carbons (Fsp3) is 0.188. The maximum atomic E-state index is 12.0. The van der Waals surface area contributed by atoms with Crippen molar-refractivity contribution in [2.45, 2.75) is 4.90 Å². The first-order chi connectivity index (χ1) is 11.0. The van der Waals surface area contributed by atoms with Crippen molar-refractivity contribution in [2.75, 3.05) is 25.1 Å². The van der Waals surface area contributed by atoms with Gasteiger partial charge in [0.25, 0.3) is 10.0 Å². The Balaban J connectivity index is 2.01. The molecule has 0 aliphatic heterocycles. The molecule has 0 amide bonds. The third kappa shape index (κ3) is 4.80. The van der Waals surface area contributed by atoms with E-state index in [1.807, 2.05) is 36.2 Å². The lowest BCUT2D eigenvalue weighted by Crippen LogP contribution is -2.21. The molecule has 0 atom stereocenters. The minimum Gasteiger partial charge on any atom is -0.395 e. The Morgan fingerprint density at radius 1 is 1.13 bits per heavy atom. The Morgan fingerprint density at radius 2 is 1.78 bits per heavy atom. The van der Waals surface area contributed by atoms with Crippen LogP contribution in [0.5, 0.6) is 0 Å². The van der Waals surface area contributed by atoms with Gasteiger partial charge >= 0.3 is 0 Å². The molecule has 0 aromatic heterocycles. The highest BCUT2D eigenvalue weighted by Gasteiger charge is 2.10. The van der Waals surface area contributed by atoms with Gasteiger partial charge in [-0.2, -0.15) is 13.5 Å². The zero-order chi connectivity index (χ0) is 16.7.